The van der Waals surface area contributed by atoms with Crippen molar-refractivity contribution < 1.29 is 22.4 Å². The molecule has 0 saturated carbocycles. The van der Waals surface area contributed by atoms with Gasteiger partial charge in [0.2, 0.25) is 10.0 Å². The van der Waals surface area contributed by atoms with Gasteiger partial charge in [-0.2, -0.15) is 0 Å². The number of benzene rings is 5. The van der Waals surface area contributed by atoms with Crippen molar-refractivity contribution in [1.29, 1.82) is 0 Å². The predicted octanol–water partition coefficient (Wildman–Crippen LogP) is 8.81. The van der Waals surface area contributed by atoms with Crippen LogP contribution in [-0.2, 0) is 19.6 Å². The third kappa shape index (κ3) is 7.10. The lowest BCUT2D eigenvalue weighted by Gasteiger charge is -2.19. The number of aryl methyl sites for hydroxylation is 4. The minimum Gasteiger partial charge on any atom is -0.461 e. The van der Waals surface area contributed by atoms with Gasteiger partial charge in [0.25, 0.3) is 0 Å². The molecule has 0 radical (unpaired) electrons. The van der Waals surface area contributed by atoms with E-state index in [4.69, 9.17) is 14.1 Å². The molecule has 1 aliphatic carbocycles. The molecule has 4 aromatic carbocycles. The van der Waals surface area contributed by atoms with Gasteiger partial charge >= 0.3 is 5.97 Å². The van der Waals surface area contributed by atoms with E-state index in [9.17, 15) is 13.2 Å². The molecule has 1 heterocycles. The molecule has 0 saturated heterocycles. The molecule has 1 aliphatic heterocycles. The van der Waals surface area contributed by atoms with E-state index in [2.05, 4.69) is 42.6 Å². The smallest absolute Gasteiger partial charge is 0.333 e. The minimum absolute atomic E-state index is 0.0852. The Morgan fingerprint density at radius 2 is 1.50 bits per heavy atom. The summed E-state index contributed by atoms with van der Waals surface area (Å²) in [5, 5.41) is 5.00. The zero-order chi connectivity index (χ0) is 35.6. The van der Waals surface area contributed by atoms with Crippen LogP contribution in [0, 0.1) is 27.7 Å². The summed E-state index contributed by atoms with van der Waals surface area (Å²) in [4.78, 5) is 16.9. The van der Waals surface area contributed by atoms with E-state index in [0.717, 1.165) is 50.3 Å². The van der Waals surface area contributed by atoms with Crippen molar-refractivity contribution in [3.05, 3.63) is 137 Å². The van der Waals surface area contributed by atoms with Crippen LogP contribution in [0.2, 0.25) is 0 Å². The molecule has 50 heavy (non-hydrogen) atoms. The highest BCUT2D eigenvalue weighted by molar-refractivity contribution is 7.89. The van der Waals surface area contributed by atoms with E-state index >= 15 is 0 Å². The first-order valence-electron chi connectivity index (χ1n) is 16.3. The third-order valence-corrected chi connectivity index (χ3v) is 10.1. The Balaban J connectivity index is 1.52. The second-order valence-corrected chi connectivity index (χ2v) is 14.2. The van der Waals surface area contributed by atoms with E-state index in [0.29, 0.717) is 27.8 Å². The summed E-state index contributed by atoms with van der Waals surface area (Å²) in [7, 11) is -4.04. The Hall–Kier alpha value is -5.51. The van der Waals surface area contributed by atoms with Crippen LogP contribution in [0.4, 0.5) is 17.1 Å². The predicted molar refractivity (Wildman–Crippen MR) is 200 cm³/mol. The maximum absolute atomic E-state index is 13.8. The third-order valence-electron chi connectivity index (χ3n) is 8.56. The highest BCUT2D eigenvalue weighted by Gasteiger charge is 2.25. The maximum atomic E-state index is 13.8. The summed E-state index contributed by atoms with van der Waals surface area (Å²) < 4.78 is 41.9. The molecule has 4 aromatic rings. The van der Waals surface area contributed by atoms with Crippen LogP contribution in [0.3, 0.4) is 0 Å². The quantitative estimate of drug-likeness (QED) is 0.0646. The molecule has 8 nitrogen and oxygen atoms in total. The van der Waals surface area contributed by atoms with E-state index in [1.54, 1.807) is 18.2 Å². The fourth-order valence-corrected chi connectivity index (χ4v) is 7.24. The van der Waals surface area contributed by atoms with Gasteiger partial charge in [0, 0.05) is 57.7 Å². The number of sulfonamides is 1. The number of anilines is 2. The number of hydrogen-bond donors (Lipinski definition) is 2. The van der Waals surface area contributed by atoms with Gasteiger partial charge in [-0.05, 0) is 87.2 Å². The van der Waals surface area contributed by atoms with Crippen molar-refractivity contribution in [3.63, 3.8) is 0 Å². The van der Waals surface area contributed by atoms with Crippen LogP contribution >= 0.6 is 0 Å². The monoisotopic (exact) mass is 685 g/mol. The first kappa shape index (κ1) is 34.4. The molecule has 0 bridgehead atoms. The van der Waals surface area contributed by atoms with Gasteiger partial charge in [0.15, 0.2) is 0 Å². The number of esters is 1. The Morgan fingerprint density at radius 3 is 2.20 bits per heavy atom. The van der Waals surface area contributed by atoms with Crippen LogP contribution in [0.1, 0.15) is 29.2 Å². The average Bonchev–Trinajstić information content (AvgIpc) is 3.08. The van der Waals surface area contributed by atoms with Crippen molar-refractivity contribution in [2.45, 2.75) is 39.5 Å². The minimum atomic E-state index is -4.04. The first-order valence-corrected chi connectivity index (χ1v) is 17.8. The Bertz CT molecular complexity index is 2390. The van der Waals surface area contributed by atoms with Crippen molar-refractivity contribution in [2.75, 3.05) is 18.5 Å². The summed E-state index contributed by atoms with van der Waals surface area (Å²) >= 11 is 0. The molecular weight excluding hydrogens is 647 g/mol. The number of rotatable bonds is 10. The number of nitrogens with zero attached hydrogens (tertiary/aromatic N) is 1. The number of hydrogen-bond acceptors (Lipinski definition) is 7. The molecule has 0 atom stereocenters. The molecule has 0 amide bonds. The second kappa shape index (κ2) is 14.2. The molecule has 0 aromatic heterocycles. The molecule has 2 N–H and O–H groups in total. The Morgan fingerprint density at radius 1 is 0.820 bits per heavy atom. The fraction of sp³-hybridized carbons (Fsp3) is 0.171. The van der Waals surface area contributed by atoms with Gasteiger partial charge in [-0.3, -0.25) is 0 Å². The number of nitrogens with one attached hydrogen (secondary N) is 2. The summed E-state index contributed by atoms with van der Waals surface area (Å²) in [5.41, 5.74) is 9.81. The first-order chi connectivity index (χ1) is 23.9. The molecular formula is C41H39N3O5S. The molecule has 0 fully saturated rings. The van der Waals surface area contributed by atoms with Crippen LogP contribution in [0.25, 0.3) is 33.4 Å². The van der Waals surface area contributed by atoms with Crippen LogP contribution in [-0.4, -0.2) is 27.5 Å². The van der Waals surface area contributed by atoms with Crippen LogP contribution in [0.15, 0.2) is 124 Å². The highest BCUT2D eigenvalue weighted by Crippen LogP contribution is 2.43. The Kier molecular flexibility index (Phi) is 9.72. The van der Waals surface area contributed by atoms with Gasteiger partial charge < -0.3 is 14.5 Å². The van der Waals surface area contributed by atoms with Crippen LogP contribution < -0.4 is 15.4 Å². The molecule has 0 spiro atoms. The summed E-state index contributed by atoms with van der Waals surface area (Å²) in [6, 6.07) is 30.7. The Labute approximate surface area is 292 Å². The number of fused-ring (bicyclic) bond motifs is 2. The zero-order valence-electron chi connectivity index (χ0n) is 28.8. The lowest BCUT2D eigenvalue weighted by Crippen LogP contribution is -2.28. The standard InChI is InChI=1S/C41H39N3O5S/c1-25(2)41(45)48-22-21-42-50(46,47)37-16-8-7-15-34(37)38-32-19-17-30(43-39-26(3)11-9-12-27(39)4)23-35(32)49-36-24-31(18-20-33(36)38)44-40-28(5)13-10-14-29(40)6/h7-20,23-24,42-43H,1,21-22H2,2-6H3. The molecule has 6 rings (SSSR count). The van der Waals surface area contributed by atoms with Gasteiger partial charge in [0.1, 0.15) is 18.0 Å². The number of ether oxygens (including phenoxy) is 1. The fourth-order valence-electron chi connectivity index (χ4n) is 6.01. The van der Waals surface area contributed by atoms with E-state index in [1.165, 1.54) is 6.92 Å². The van der Waals surface area contributed by atoms with E-state index in [1.807, 2.05) is 80.6 Å². The van der Waals surface area contributed by atoms with E-state index < -0.39 is 16.0 Å². The largest absolute Gasteiger partial charge is 0.461 e. The second-order valence-electron chi connectivity index (χ2n) is 12.4. The summed E-state index contributed by atoms with van der Waals surface area (Å²) in [6.07, 6.45) is 0. The SMILES string of the molecule is C=C(C)C(=O)OCCNS(=O)(=O)c1ccccc1-c1c2ccc(=Nc3c(C)cccc3C)cc-2oc2cc(Nc3c(C)cccc3C)ccc12. The van der Waals surface area contributed by atoms with Gasteiger partial charge in [-0.25, -0.2) is 22.9 Å². The average molecular weight is 686 g/mol. The number of carbonyl (C=O) groups excluding carboxylic acids is 1. The zero-order valence-corrected chi connectivity index (χ0v) is 29.6. The molecule has 0 unspecified atom stereocenters. The lowest BCUT2D eigenvalue weighted by atomic mass is 9.93. The molecule has 9 heteroatoms. The maximum Gasteiger partial charge on any atom is 0.333 e. The molecule has 254 valence electrons. The van der Waals surface area contributed by atoms with Gasteiger partial charge in [-0.15, -0.1) is 0 Å². The number of carbonyl (C=O) groups is 1. The number of para-hydroxylation sites is 2. The van der Waals surface area contributed by atoms with Crippen molar-refractivity contribution in [3.8, 4) is 22.5 Å². The summed E-state index contributed by atoms with van der Waals surface area (Å²) in [5.74, 6) is -0.0261. The van der Waals surface area contributed by atoms with Crippen LogP contribution in [0.5, 0.6) is 0 Å². The van der Waals surface area contributed by atoms with Gasteiger partial charge in [0.05, 0.1) is 15.9 Å². The normalized spacial score (nSPS) is 12.0. The molecule has 2 aliphatic rings. The van der Waals surface area contributed by atoms with Crippen molar-refractivity contribution in [1.82, 2.24) is 4.72 Å². The summed E-state index contributed by atoms with van der Waals surface area (Å²) in [6.45, 7) is 13.0. The lowest BCUT2D eigenvalue weighted by molar-refractivity contribution is -0.138. The van der Waals surface area contributed by atoms with Gasteiger partial charge in [-0.1, -0.05) is 61.2 Å². The topological polar surface area (TPSA) is 110 Å². The highest BCUT2D eigenvalue weighted by atomic mass is 32.2. The van der Waals surface area contributed by atoms with Crippen molar-refractivity contribution in [2.24, 2.45) is 4.99 Å². The van der Waals surface area contributed by atoms with Crippen molar-refractivity contribution >= 4 is 44.0 Å². The van der Waals surface area contributed by atoms with E-state index in [-0.39, 0.29) is 23.6 Å².